The number of fused-ring (bicyclic) bond motifs is 1. The lowest BCUT2D eigenvalue weighted by molar-refractivity contribution is 0.0594. The van der Waals surface area contributed by atoms with Crippen LogP contribution in [0.2, 0.25) is 0 Å². The Kier molecular flexibility index (Phi) is 2.44. The van der Waals surface area contributed by atoms with Crippen molar-refractivity contribution in [2.45, 2.75) is 0 Å². The van der Waals surface area contributed by atoms with Gasteiger partial charge in [0, 0.05) is 6.07 Å². The lowest BCUT2D eigenvalue weighted by Gasteiger charge is -2.02. The van der Waals surface area contributed by atoms with Crippen LogP contribution in [0.1, 0.15) is 10.5 Å². The van der Waals surface area contributed by atoms with E-state index in [0.717, 1.165) is 6.07 Å². The maximum absolute atomic E-state index is 13.3. The van der Waals surface area contributed by atoms with Crippen molar-refractivity contribution in [3.63, 3.8) is 0 Å². The molecule has 2 rings (SSSR count). The number of H-pyrrole nitrogens is 1. The number of pyridine rings is 1. The lowest BCUT2D eigenvalue weighted by atomic mass is 10.2. The number of rotatable bonds is 1. The van der Waals surface area contributed by atoms with E-state index in [1.807, 2.05) is 0 Å². The molecule has 1 heterocycles. The summed E-state index contributed by atoms with van der Waals surface area (Å²) in [4.78, 5) is 25.4. The Morgan fingerprint density at radius 1 is 1.44 bits per heavy atom. The smallest absolute Gasteiger partial charge is 0.354 e. The van der Waals surface area contributed by atoms with Crippen molar-refractivity contribution in [1.29, 1.82) is 0 Å². The molecule has 0 aliphatic carbocycles. The molecular weight excluding hydrogens is 213 g/mol. The van der Waals surface area contributed by atoms with E-state index in [-0.39, 0.29) is 16.6 Å². The number of carbonyl (C=O) groups is 1. The standard InChI is InChI=1S/C11H8FNO3/c1-16-11(15)8-5-9(14)10-6(12)3-2-4-7(10)13-8/h2-5H,1H3,(H,13,14). The summed E-state index contributed by atoms with van der Waals surface area (Å²) in [5.41, 5.74) is -0.272. The Labute approximate surface area is 89.7 Å². The molecule has 0 spiro atoms. The molecule has 0 aliphatic heterocycles. The van der Waals surface area contributed by atoms with Gasteiger partial charge in [-0.3, -0.25) is 4.79 Å². The van der Waals surface area contributed by atoms with E-state index in [0.29, 0.717) is 0 Å². The van der Waals surface area contributed by atoms with Crippen molar-refractivity contribution >= 4 is 16.9 Å². The zero-order valence-electron chi connectivity index (χ0n) is 8.41. The van der Waals surface area contributed by atoms with Crippen LogP contribution in [-0.2, 0) is 4.74 Å². The number of benzene rings is 1. The maximum atomic E-state index is 13.3. The Morgan fingerprint density at radius 3 is 2.88 bits per heavy atom. The average Bonchev–Trinajstić information content (AvgIpc) is 2.27. The summed E-state index contributed by atoms with van der Waals surface area (Å²) in [7, 11) is 1.20. The van der Waals surface area contributed by atoms with Crippen molar-refractivity contribution in [2.24, 2.45) is 0 Å². The third-order valence-corrected chi connectivity index (χ3v) is 2.21. The summed E-state index contributed by atoms with van der Waals surface area (Å²) >= 11 is 0. The molecule has 0 fully saturated rings. The van der Waals surface area contributed by atoms with E-state index >= 15 is 0 Å². The fraction of sp³-hybridized carbons (Fsp3) is 0.0909. The lowest BCUT2D eigenvalue weighted by Crippen LogP contribution is -2.12. The highest BCUT2D eigenvalue weighted by Gasteiger charge is 2.11. The van der Waals surface area contributed by atoms with Crippen LogP contribution >= 0.6 is 0 Å². The van der Waals surface area contributed by atoms with E-state index < -0.39 is 17.2 Å². The molecule has 0 saturated carbocycles. The van der Waals surface area contributed by atoms with Gasteiger partial charge < -0.3 is 9.72 Å². The van der Waals surface area contributed by atoms with Crippen molar-refractivity contribution < 1.29 is 13.9 Å². The van der Waals surface area contributed by atoms with Gasteiger partial charge in [0.05, 0.1) is 18.0 Å². The fourth-order valence-electron chi connectivity index (χ4n) is 1.48. The largest absolute Gasteiger partial charge is 0.464 e. The van der Waals surface area contributed by atoms with Gasteiger partial charge in [0.1, 0.15) is 11.5 Å². The van der Waals surface area contributed by atoms with Crippen LogP contribution < -0.4 is 5.43 Å². The van der Waals surface area contributed by atoms with Gasteiger partial charge in [0.25, 0.3) is 0 Å². The maximum Gasteiger partial charge on any atom is 0.354 e. The van der Waals surface area contributed by atoms with Crippen LogP contribution in [0.5, 0.6) is 0 Å². The number of methoxy groups -OCH3 is 1. The zero-order chi connectivity index (χ0) is 11.7. The minimum Gasteiger partial charge on any atom is -0.464 e. The van der Waals surface area contributed by atoms with E-state index in [1.54, 1.807) is 0 Å². The van der Waals surface area contributed by atoms with Gasteiger partial charge in [-0.05, 0) is 12.1 Å². The summed E-state index contributed by atoms with van der Waals surface area (Å²) in [6.45, 7) is 0. The topological polar surface area (TPSA) is 59.2 Å². The summed E-state index contributed by atoms with van der Waals surface area (Å²) in [6, 6.07) is 5.19. The zero-order valence-corrected chi connectivity index (χ0v) is 8.41. The first-order valence-electron chi connectivity index (χ1n) is 4.53. The molecular formula is C11H8FNO3. The molecule has 16 heavy (non-hydrogen) atoms. The predicted octanol–water partition coefficient (Wildman–Crippen LogP) is 1.45. The number of aromatic amines is 1. The summed E-state index contributed by atoms with van der Waals surface area (Å²) in [5, 5.41) is -0.0600. The first-order chi connectivity index (χ1) is 7.63. The second-order valence-corrected chi connectivity index (χ2v) is 3.20. The van der Waals surface area contributed by atoms with Gasteiger partial charge >= 0.3 is 5.97 Å². The molecule has 0 unspecified atom stereocenters. The van der Waals surface area contributed by atoms with E-state index in [1.165, 1.54) is 25.3 Å². The Balaban J connectivity index is 2.79. The molecule has 0 bridgehead atoms. The third-order valence-electron chi connectivity index (χ3n) is 2.21. The molecule has 0 radical (unpaired) electrons. The molecule has 0 atom stereocenters. The van der Waals surface area contributed by atoms with Crippen molar-refractivity contribution in [2.75, 3.05) is 7.11 Å². The second-order valence-electron chi connectivity index (χ2n) is 3.20. The second kappa shape index (κ2) is 3.77. The SMILES string of the molecule is COC(=O)c1cc(=O)c2c(F)cccc2[nH]1. The van der Waals surface area contributed by atoms with Crippen molar-refractivity contribution in [3.05, 3.63) is 46.0 Å². The first kappa shape index (κ1) is 10.4. The Hall–Kier alpha value is -2.17. The minimum absolute atomic E-state index is 0.00519. The molecule has 1 aromatic carbocycles. The molecule has 0 saturated heterocycles. The van der Waals surface area contributed by atoms with E-state index in [4.69, 9.17) is 0 Å². The van der Waals surface area contributed by atoms with Gasteiger partial charge in [-0.2, -0.15) is 0 Å². The predicted molar refractivity (Wildman–Crippen MR) is 55.9 cm³/mol. The van der Waals surface area contributed by atoms with Crippen LogP contribution in [0.15, 0.2) is 29.1 Å². The summed E-state index contributed by atoms with van der Waals surface area (Å²) < 4.78 is 17.8. The fourth-order valence-corrected chi connectivity index (χ4v) is 1.48. The van der Waals surface area contributed by atoms with Crippen LogP contribution in [0.25, 0.3) is 10.9 Å². The summed E-state index contributed by atoms with van der Waals surface area (Å²) in [5.74, 6) is -1.28. The highest BCUT2D eigenvalue weighted by Crippen LogP contribution is 2.12. The minimum atomic E-state index is -0.664. The van der Waals surface area contributed by atoms with Gasteiger partial charge in [-0.1, -0.05) is 6.07 Å². The Morgan fingerprint density at radius 2 is 2.19 bits per heavy atom. The quantitative estimate of drug-likeness (QED) is 0.741. The number of carbonyl (C=O) groups excluding carboxylic acids is 1. The van der Waals surface area contributed by atoms with E-state index in [2.05, 4.69) is 9.72 Å². The molecule has 5 heteroatoms. The number of aromatic nitrogens is 1. The van der Waals surface area contributed by atoms with Crippen LogP contribution in [0, 0.1) is 5.82 Å². The number of esters is 1. The van der Waals surface area contributed by atoms with Gasteiger partial charge in [0.2, 0.25) is 0 Å². The van der Waals surface area contributed by atoms with Crippen LogP contribution in [0.3, 0.4) is 0 Å². The number of nitrogens with one attached hydrogen (secondary N) is 1. The highest BCUT2D eigenvalue weighted by molar-refractivity contribution is 5.90. The number of hydrogen-bond acceptors (Lipinski definition) is 3. The number of halogens is 1. The van der Waals surface area contributed by atoms with Gasteiger partial charge in [-0.15, -0.1) is 0 Å². The first-order valence-corrected chi connectivity index (χ1v) is 4.53. The van der Waals surface area contributed by atoms with Crippen LogP contribution in [0.4, 0.5) is 4.39 Å². The Bertz CT molecular complexity index is 618. The summed E-state index contributed by atoms with van der Waals surface area (Å²) in [6.07, 6.45) is 0. The molecule has 0 aliphatic rings. The molecule has 1 aromatic heterocycles. The monoisotopic (exact) mass is 221 g/mol. The van der Waals surface area contributed by atoms with Crippen LogP contribution in [-0.4, -0.2) is 18.1 Å². The van der Waals surface area contributed by atoms with Gasteiger partial charge in [0.15, 0.2) is 5.43 Å². The van der Waals surface area contributed by atoms with Gasteiger partial charge in [-0.25, -0.2) is 9.18 Å². The highest BCUT2D eigenvalue weighted by atomic mass is 19.1. The van der Waals surface area contributed by atoms with Crippen molar-refractivity contribution in [3.8, 4) is 0 Å². The normalized spacial score (nSPS) is 10.4. The van der Waals surface area contributed by atoms with E-state index in [9.17, 15) is 14.0 Å². The van der Waals surface area contributed by atoms with Crippen molar-refractivity contribution in [1.82, 2.24) is 4.98 Å². The third kappa shape index (κ3) is 1.56. The molecule has 2 aromatic rings. The molecule has 4 nitrogen and oxygen atoms in total. The molecule has 82 valence electrons. The number of hydrogen-bond donors (Lipinski definition) is 1. The molecule has 1 N–H and O–H groups in total. The number of ether oxygens (including phenoxy) is 1. The average molecular weight is 221 g/mol. The molecule has 0 amide bonds.